The minimum Gasteiger partial charge on any atom is -0.314 e. The maximum atomic E-state index is 5.43. The molecule has 9 aromatic carbocycles. The molecule has 386 valence electrons. The maximum absolute atomic E-state index is 5.43. The van der Waals surface area contributed by atoms with Gasteiger partial charge in [-0.15, -0.1) is 0 Å². The fourth-order valence-electron chi connectivity index (χ4n) is 14.7. The van der Waals surface area contributed by atoms with Crippen molar-refractivity contribution in [3.63, 3.8) is 0 Å². The molecule has 0 N–H and O–H groups in total. The number of fused-ring (bicyclic) bond motifs is 12. The van der Waals surface area contributed by atoms with Gasteiger partial charge >= 0.3 is 0 Å². The molecule has 3 aromatic heterocycles. The molecule has 6 heterocycles. The second-order valence-electron chi connectivity index (χ2n) is 23.9. The average Bonchev–Trinajstić information content (AvgIpc) is 4.16. The first-order valence-electron chi connectivity index (χ1n) is 28.3. The molecule has 12 aromatic rings. The first-order valence-corrected chi connectivity index (χ1v) is 28.3. The van der Waals surface area contributed by atoms with Gasteiger partial charge in [0, 0.05) is 72.1 Å². The lowest BCUT2D eigenvalue weighted by molar-refractivity contribution is 0.628. The highest BCUT2D eigenvalue weighted by Crippen LogP contribution is 2.56. The van der Waals surface area contributed by atoms with E-state index in [1.165, 1.54) is 106 Å². The standard InChI is InChI=1S/C74H60N6/c1-72(2)55-22-8-15-29-65(55)76(66-30-16-9-23-56(66)72)47-37-41-64-52(43-47)51-21-7-14-28-61(51)80(64)71-42-38-50(46-75-71)79-62-39-35-48(77-67-31-17-10-24-57(67)73(3,4)58-25-11-18-32-68(58)77)44-53(62)54-45-49(36-40-63(54)79)78-69-33-19-12-26-59(69)74(5,6)60-27-13-20-34-70(60)78/h7-35,37-39,41-46H,36,40H2,1-6H3. The Morgan fingerprint density at radius 3 is 1.19 bits per heavy atom. The number of hydrogen-bond acceptors (Lipinski definition) is 4. The van der Waals surface area contributed by atoms with Crippen molar-refractivity contribution < 1.29 is 0 Å². The molecule has 0 unspecified atom stereocenters. The van der Waals surface area contributed by atoms with Crippen LogP contribution in [0, 0.1) is 0 Å². The van der Waals surface area contributed by atoms with Crippen LogP contribution < -0.4 is 14.7 Å². The second-order valence-corrected chi connectivity index (χ2v) is 23.9. The van der Waals surface area contributed by atoms with Gasteiger partial charge in [0.1, 0.15) is 5.82 Å². The largest absolute Gasteiger partial charge is 0.314 e. The number of aromatic nitrogens is 3. The van der Waals surface area contributed by atoms with Gasteiger partial charge in [-0.05, 0) is 143 Å². The van der Waals surface area contributed by atoms with Gasteiger partial charge < -0.3 is 19.3 Å². The number of rotatable bonds is 5. The van der Waals surface area contributed by atoms with Crippen LogP contribution in [0.5, 0.6) is 0 Å². The van der Waals surface area contributed by atoms with E-state index in [9.17, 15) is 0 Å². The first kappa shape index (κ1) is 46.7. The van der Waals surface area contributed by atoms with E-state index in [4.69, 9.17) is 4.98 Å². The smallest absolute Gasteiger partial charge is 0.137 e. The van der Waals surface area contributed by atoms with Crippen molar-refractivity contribution in [1.29, 1.82) is 0 Å². The minimum atomic E-state index is -0.157. The average molecular weight is 1030 g/mol. The van der Waals surface area contributed by atoms with Crippen LogP contribution in [0.15, 0.2) is 230 Å². The van der Waals surface area contributed by atoms with E-state index in [2.05, 4.69) is 296 Å². The summed E-state index contributed by atoms with van der Waals surface area (Å²) in [5.41, 5.74) is 25.5. The van der Waals surface area contributed by atoms with Crippen LogP contribution >= 0.6 is 0 Å². The molecule has 3 aliphatic heterocycles. The van der Waals surface area contributed by atoms with Crippen LogP contribution in [0.4, 0.5) is 45.5 Å². The molecule has 80 heavy (non-hydrogen) atoms. The Hall–Kier alpha value is -9.39. The minimum absolute atomic E-state index is 0.133. The molecule has 0 saturated carbocycles. The summed E-state index contributed by atoms with van der Waals surface area (Å²) in [5.74, 6) is 0.883. The summed E-state index contributed by atoms with van der Waals surface area (Å²) in [6, 6.07) is 81.1. The molecular formula is C74H60N6. The number of allylic oxidation sites excluding steroid dienone is 1. The quantitative estimate of drug-likeness (QED) is 0.172. The first-order chi connectivity index (χ1) is 39.0. The molecule has 4 aliphatic rings. The zero-order valence-electron chi connectivity index (χ0n) is 46.0. The van der Waals surface area contributed by atoms with E-state index in [1.807, 2.05) is 0 Å². The summed E-state index contributed by atoms with van der Waals surface area (Å²) in [6.45, 7) is 14.1. The van der Waals surface area contributed by atoms with Crippen molar-refractivity contribution in [1.82, 2.24) is 14.1 Å². The summed E-state index contributed by atoms with van der Waals surface area (Å²) in [7, 11) is 0. The Labute approximate surface area is 467 Å². The van der Waals surface area contributed by atoms with Crippen molar-refractivity contribution >= 4 is 84.3 Å². The Balaban J connectivity index is 0.858. The normalized spacial score (nSPS) is 16.1. The van der Waals surface area contributed by atoms with Crippen molar-refractivity contribution in [2.24, 2.45) is 0 Å². The van der Waals surface area contributed by atoms with Gasteiger partial charge in [0.05, 0.1) is 51.2 Å². The number of nitrogens with zero attached hydrogens (tertiary/aromatic N) is 6. The summed E-state index contributed by atoms with van der Waals surface area (Å²) >= 11 is 0. The fourth-order valence-corrected chi connectivity index (χ4v) is 14.7. The Morgan fingerprint density at radius 2 is 0.725 bits per heavy atom. The highest BCUT2D eigenvalue weighted by atomic mass is 15.2. The molecule has 0 spiro atoms. The van der Waals surface area contributed by atoms with Crippen molar-refractivity contribution in [2.75, 3.05) is 14.7 Å². The molecule has 16 rings (SSSR count). The lowest BCUT2D eigenvalue weighted by Gasteiger charge is -2.43. The molecule has 0 fully saturated rings. The van der Waals surface area contributed by atoms with Crippen molar-refractivity contribution in [3.8, 4) is 11.5 Å². The monoisotopic (exact) mass is 1030 g/mol. The molecular weight excluding hydrogens is 973 g/mol. The number of benzene rings is 9. The molecule has 0 radical (unpaired) electrons. The van der Waals surface area contributed by atoms with Crippen LogP contribution in [0.2, 0.25) is 0 Å². The fraction of sp³-hybridized carbons (Fsp3) is 0.149. The van der Waals surface area contributed by atoms with Gasteiger partial charge in [0.2, 0.25) is 0 Å². The van der Waals surface area contributed by atoms with Crippen LogP contribution in [0.1, 0.15) is 92.6 Å². The van der Waals surface area contributed by atoms with Crippen molar-refractivity contribution in [2.45, 2.75) is 70.6 Å². The molecule has 6 heteroatoms. The van der Waals surface area contributed by atoms with E-state index < -0.39 is 0 Å². The highest BCUT2D eigenvalue weighted by Gasteiger charge is 2.40. The number of anilines is 8. The zero-order valence-corrected chi connectivity index (χ0v) is 46.0. The van der Waals surface area contributed by atoms with Crippen molar-refractivity contribution in [3.05, 3.63) is 275 Å². The topological polar surface area (TPSA) is 32.5 Å². The Morgan fingerprint density at radius 1 is 0.338 bits per heavy atom. The summed E-state index contributed by atoms with van der Waals surface area (Å²) in [5, 5.41) is 3.61. The third-order valence-electron chi connectivity index (χ3n) is 18.6. The Bertz CT molecular complexity index is 4450. The lowest BCUT2D eigenvalue weighted by Crippen LogP contribution is -2.33. The van der Waals surface area contributed by atoms with Gasteiger partial charge in [0.25, 0.3) is 0 Å². The third kappa shape index (κ3) is 6.44. The van der Waals surface area contributed by atoms with Crippen LogP contribution in [0.3, 0.4) is 0 Å². The summed E-state index contributed by atoms with van der Waals surface area (Å²) in [4.78, 5) is 12.9. The van der Waals surface area contributed by atoms with Gasteiger partial charge in [-0.25, -0.2) is 4.98 Å². The highest BCUT2D eigenvalue weighted by molar-refractivity contribution is 6.11. The van der Waals surface area contributed by atoms with E-state index in [-0.39, 0.29) is 16.2 Å². The summed E-state index contributed by atoms with van der Waals surface area (Å²) in [6.07, 6.45) is 6.34. The predicted molar refractivity (Wildman–Crippen MR) is 332 cm³/mol. The van der Waals surface area contributed by atoms with Gasteiger partial charge in [-0.2, -0.15) is 0 Å². The van der Waals surface area contributed by atoms with Gasteiger partial charge in [-0.1, -0.05) is 169 Å². The third-order valence-corrected chi connectivity index (χ3v) is 18.6. The molecule has 0 bridgehead atoms. The summed E-state index contributed by atoms with van der Waals surface area (Å²) < 4.78 is 4.84. The van der Waals surface area contributed by atoms with E-state index in [0.29, 0.717) is 0 Å². The number of hydrogen-bond donors (Lipinski definition) is 0. The SMILES string of the molecule is CC1(C)c2ccccc2N(C2=Cc3c(n(-c4ccc(-n5c6ccccc6c6cc(N7c8ccccc8C(C)(C)c8ccccc87)ccc65)nc4)c4ccc(N5c6ccccc6C(C)(C)c6ccccc65)cc34)CC2)c2ccccc21. The second kappa shape index (κ2) is 16.8. The van der Waals surface area contributed by atoms with Crippen LogP contribution in [-0.2, 0) is 22.7 Å². The van der Waals surface area contributed by atoms with Gasteiger partial charge in [0.15, 0.2) is 0 Å². The molecule has 0 saturated heterocycles. The lowest BCUT2D eigenvalue weighted by atomic mass is 9.73. The van der Waals surface area contributed by atoms with Gasteiger partial charge in [-0.3, -0.25) is 4.57 Å². The zero-order chi connectivity index (χ0) is 53.8. The van der Waals surface area contributed by atoms with E-state index in [0.717, 1.165) is 46.8 Å². The number of pyridine rings is 1. The van der Waals surface area contributed by atoms with E-state index in [1.54, 1.807) is 0 Å². The molecule has 0 amide bonds. The molecule has 6 nitrogen and oxygen atoms in total. The predicted octanol–water partition coefficient (Wildman–Crippen LogP) is 19.1. The number of para-hydroxylation sites is 7. The maximum Gasteiger partial charge on any atom is 0.137 e. The Kier molecular flexibility index (Phi) is 9.81. The molecule has 1 aliphatic carbocycles. The molecule has 0 atom stereocenters. The van der Waals surface area contributed by atoms with Crippen LogP contribution in [-0.4, -0.2) is 14.1 Å². The van der Waals surface area contributed by atoms with E-state index >= 15 is 0 Å². The van der Waals surface area contributed by atoms with Crippen LogP contribution in [0.25, 0.3) is 50.3 Å².